The average molecular weight is 458 g/mol. The first-order valence-electron chi connectivity index (χ1n) is 9.71. The average Bonchev–Trinajstić information content (AvgIpc) is 2.74. The molecule has 0 bridgehead atoms. The van der Waals surface area contributed by atoms with Gasteiger partial charge < -0.3 is 14.6 Å². The second-order valence-corrected chi connectivity index (χ2v) is 7.80. The molecule has 0 spiro atoms. The first kappa shape index (κ1) is 23.2. The van der Waals surface area contributed by atoms with Crippen molar-refractivity contribution >= 4 is 17.6 Å². The normalized spacial score (nSPS) is 16.7. The molecule has 9 heteroatoms. The summed E-state index contributed by atoms with van der Waals surface area (Å²) < 4.78 is 51.1. The van der Waals surface area contributed by atoms with Crippen molar-refractivity contribution in [3.05, 3.63) is 58.1 Å². The summed E-state index contributed by atoms with van der Waals surface area (Å²) in [4.78, 5) is 13.3. The molecule has 168 valence electrons. The third-order valence-corrected chi connectivity index (χ3v) is 5.94. The first-order chi connectivity index (χ1) is 14.7. The zero-order valence-electron chi connectivity index (χ0n) is 17.1. The predicted molar refractivity (Wildman–Crippen MR) is 110 cm³/mol. The van der Waals surface area contributed by atoms with Gasteiger partial charge >= 0.3 is 12.1 Å². The van der Waals surface area contributed by atoms with Crippen molar-refractivity contribution in [3.8, 4) is 11.5 Å². The number of rotatable bonds is 6. The third kappa shape index (κ3) is 5.07. The summed E-state index contributed by atoms with van der Waals surface area (Å²) in [6, 6.07) is 7.66. The summed E-state index contributed by atoms with van der Waals surface area (Å²) in [5.41, 5.74) is 0.0628. The summed E-state index contributed by atoms with van der Waals surface area (Å²) in [7, 11) is 2.98. The van der Waals surface area contributed by atoms with Gasteiger partial charge in [0.2, 0.25) is 0 Å². The van der Waals surface area contributed by atoms with Gasteiger partial charge in [0.25, 0.3) is 0 Å². The van der Waals surface area contributed by atoms with Gasteiger partial charge in [0.05, 0.1) is 31.7 Å². The SMILES string of the molecule is COc1ccc(OC)c(C(c2cc(C(F)(F)F)ccc2Cl)N2CCC(C(=O)O)CC2)c1. The van der Waals surface area contributed by atoms with E-state index < -0.39 is 29.7 Å². The molecule has 3 rings (SSSR count). The molecular weight excluding hydrogens is 435 g/mol. The van der Waals surface area contributed by atoms with Gasteiger partial charge in [0, 0.05) is 10.6 Å². The van der Waals surface area contributed by atoms with Crippen LogP contribution in [0, 0.1) is 5.92 Å². The highest BCUT2D eigenvalue weighted by molar-refractivity contribution is 6.31. The van der Waals surface area contributed by atoms with Crippen LogP contribution < -0.4 is 9.47 Å². The van der Waals surface area contributed by atoms with E-state index in [1.54, 1.807) is 18.2 Å². The molecular formula is C22H23ClF3NO4. The smallest absolute Gasteiger partial charge is 0.416 e. The van der Waals surface area contributed by atoms with Crippen LogP contribution in [0.4, 0.5) is 13.2 Å². The summed E-state index contributed by atoms with van der Waals surface area (Å²) in [5, 5.41) is 9.50. The van der Waals surface area contributed by atoms with Crippen molar-refractivity contribution in [2.24, 2.45) is 5.92 Å². The number of likely N-dealkylation sites (tertiary alicyclic amines) is 1. The minimum atomic E-state index is -4.53. The number of benzene rings is 2. The Bertz CT molecular complexity index is 943. The fourth-order valence-corrected chi connectivity index (χ4v) is 4.17. The summed E-state index contributed by atoms with van der Waals surface area (Å²) in [6.07, 6.45) is -3.76. The lowest BCUT2D eigenvalue weighted by molar-refractivity contribution is -0.143. The van der Waals surface area contributed by atoms with Gasteiger partial charge in [0.1, 0.15) is 11.5 Å². The molecule has 0 amide bonds. The largest absolute Gasteiger partial charge is 0.497 e. The number of ether oxygens (including phenoxy) is 2. The molecule has 1 aliphatic rings. The number of nitrogens with zero attached hydrogens (tertiary/aromatic N) is 1. The molecule has 2 aromatic rings. The highest BCUT2D eigenvalue weighted by Crippen LogP contribution is 2.43. The Morgan fingerprint density at radius 2 is 1.77 bits per heavy atom. The number of halogens is 4. The molecule has 1 heterocycles. The van der Waals surface area contributed by atoms with E-state index in [4.69, 9.17) is 21.1 Å². The van der Waals surface area contributed by atoms with Crippen LogP contribution in [0.25, 0.3) is 0 Å². The molecule has 5 nitrogen and oxygen atoms in total. The van der Waals surface area contributed by atoms with Gasteiger partial charge in [-0.1, -0.05) is 11.6 Å². The van der Waals surface area contributed by atoms with E-state index in [0.29, 0.717) is 43.0 Å². The number of alkyl halides is 3. The van der Waals surface area contributed by atoms with Crippen molar-refractivity contribution in [1.82, 2.24) is 4.90 Å². The molecule has 1 fully saturated rings. The van der Waals surface area contributed by atoms with Crippen LogP contribution in [-0.4, -0.2) is 43.3 Å². The van der Waals surface area contributed by atoms with Crippen LogP contribution in [0.1, 0.15) is 35.6 Å². The standard InChI is InChI=1S/C22H23ClF3NO4/c1-30-15-4-6-19(31-2)17(12-15)20(27-9-7-13(8-10-27)21(28)29)16-11-14(22(24,25)26)3-5-18(16)23/h3-6,11-13,20H,7-10H2,1-2H3,(H,28,29). The lowest BCUT2D eigenvalue weighted by Crippen LogP contribution is -2.39. The van der Waals surface area contributed by atoms with Gasteiger partial charge in [0.15, 0.2) is 0 Å². The Balaban J connectivity index is 2.14. The number of carboxylic acid groups (broad SMARTS) is 1. The Kier molecular flexibility index (Phi) is 7.01. The third-order valence-electron chi connectivity index (χ3n) is 5.59. The van der Waals surface area contributed by atoms with E-state index in [1.807, 2.05) is 4.90 Å². The van der Waals surface area contributed by atoms with Crippen LogP contribution >= 0.6 is 11.6 Å². The van der Waals surface area contributed by atoms with Crippen molar-refractivity contribution < 1.29 is 32.5 Å². The maximum Gasteiger partial charge on any atom is 0.416 e. The zero-order valence-corrected chi connectivity index (χ0v) is 17.8. The summed E-state index contributed by atoms with van der Waals surface area (Å²) in [5.74, 6) is -0.364. The second kappa shape index (κ2) is 9.36. The minimum Gasteiger partial charge on any atom is -0.497 e. The van der Waals surface area contributed by atoms with Crippen molar-refractivity contribution in [3.63, 3.8) is 0 Å². The van der Waals surface area contributed by atoms with Gasteiger partial charge in [-0.2, -0.15) is 13.2 Å². The van der Waals surface area contributed by atoms with Crippen LogP contribution in [-0.2, 0) is 11.0 Å². The maximum atomic E-state index is 13.4. The molecule has 0 aromatic heterocycles. The zero-order chi connectivity index (χ0) is 22.8. The molecule has 1 aliphatic heterocycles. The predicted octanol–water partition coefficient (Wildman–Crippen LogP) is 5.26. The molecule has 1 atom stereocenters. The Morgan fingerprint density at radius 1 is 1.10 bits per heavy atom. The van der Waals surface area contributed by atoms with Crippen LogP contribution in [0.5, 0.6) is 11.5 Å². The van der Waals surface area contributed by atoms with Gasteiger partial charge in [-0.05, 0) is 67.9 Å². The van der Waals surface area contributed by atoms with Gasteiger partial charge in [-0.15, -0.1) is 0 Å². The molecule has 1 saturated heterocycles. The Hall–Kier alpha value is -2.45. The number of carbonyl (C=O) groups is 1. The molecule has 2 aromatic carbocycles. The number of carboxylic acids is 1. The maximum absolute atomic E-state index is 13.4. The van der Waals surface area contributed by atoms with Crippen molar-refractivity contribution in [1.29, 1.82) is 0 Å². The highest BCUT2D eigenvalue weighted by atomic mass is 35.5. The molecule has 0 radical (unpaired) electrons. The lowest BCUT2D eigenvalue weighted by Gasteiger charge is -2.38. The van der Waals surface area contributed by atoms with Gasteiger partial charge in [-0.3, -0.25) is 9.69 Å². The van der Waals surface area contributed by atoms with E-state index in [2.05, 4.69) is 0 Å². The number of aliphatic carboxylic acids is 1. The van der Waals surface area contributed by atoms with E-state index in [0.717, 1.165) is 12.1 Å². The monoisotopic (exact) mass is 457 g/mol. The van der Waals surface area contributed by atoms with Crippen molar-refractivity contribution in [2.45, 2.75) is 25.1 Å². The Morgan fingerprint density at radius 3 is 2.32 bits per heavy atom. The topological polar surface area (TPSA) is 59.0 Å². The van der Waals surface area contributed by atoms with E-state index >= 15 is 0 Å². The van der Waals surface area contributed by atoms with Crippen LogP contribution in [0.2, 0.25) is 5.02 Å². The van der Waals surface area contributed by atoms with E-state index in [-0.39, 0.29) is 10.6 Å². The summed E-state index contributed by atoms with van der Waals surface area (Å²) >= 11 is 6.40. The van der Waals surface area contributed by atoms with E-state index in [9.17, 15) is 23.1 Å². The van der Waals surface area contributed by atoms with E-state index in [1.165, 1.54) is 20.3 Å². The number of piperidine rings is 1. The first-order valence-corrected chi connectivity index (χ1v) is 10.1. The quantitative estimate of drug-likeness (QED) is 0.641. The van der Waals surface area contributed by atoms with Crippen molar-refractivity contribution in [2.75, 3.05) is 27.3 Å². The molecule has 31 heavy (non-hydrogen) atoms. The fraction of sp³-hybridized carbons (Fsp3) is 0.409. The fourth-order valence-electron chi connectivity index (χ4n) is 3.95. The molecule has 0 aliphatic carbocycles. The summed E-state index contributed by atoms with van der Waals surface area (Å²) in [6.45, 7) is 0.767. The second-order valence-electron chi connectivity index (χ2n) is 7.39. The van der Waals surface area contributed by atoms with Crippen LogP contribution in [0.15, 0.2) is 36.4 Å². The molecule has 1 unspecified atom stereocenters. The minimum absolute atomic E-state index is 0.184. The number of hydrogen-bond acceptors (Lipinski definition) is 4. The van der Waals surface area contributed by atoms with Gasteiger partial charge in [-0.25, -0.2) is 0 Å². The highest BCUT2D eigenvalue weighted by Gasteiger charge is 2.36. The number of hydrogen-bond donors (Lipinski definition) is 1. The molecule has 0 saturated carbocycles. The number of methoxy groups -OCH3 is 2. The van der Waals surface area contributed by atoms with Crippen LogP contribution in [0.3, 0.4) is 0 Å². The lowest BCUT2D eigenvalue weighted by atomic mass is 9.90. The Labute approximate surface area is 183 Å². The molecule has 1 N–H and O–H groups in total.